The lowest BCUT2D eigenvalue weighted by atomic mass is 10.0. The molecule has 3 nitrogen and oxygen atoms in total. The van der Waals surface area contributed by atoms with E-state index < -0.39 is 0 Å². The summed E-state index contributed by atoms with van der Waals surface area (Å²) in [4.78, 5) is 12.8. The first-order chi connectivity index (χ1) is 14.4. The number of hydrogen-bond acceptors (Lipinski definition) is 3. The van der Waals surface area contributed by atoms with Crippen LogP contribution in [-0.4, -0.2) is 5.78 Å². The molecule has 0 radical (unpaired) electrons. The average Bonchev–Trinajstić information content (AvgIpc) is 3.05. The highest BCUT2D eigenvalue weighted by atomic mass is 79.9. The van der Waals surface area contributed by atoms with Crippen LogP contribution in [0.4, 0.5) is 0 Å². The van der Waals surface area contributed by atoms with Crippen LogP contribution in [-0.2, 0) is 6.61 Å². The van der Waals surface area contributed by atoms with Crippen LogP contribution in [0.2, 0.25) is 0 Å². The van der Waals surface area contributed by atoms with Gasteiger partial charge in [-0.25, -0.2) is 0 Å². The van der Waals surface area contributed by atoms with Gasteiger partial charge in [-0.05, 0) is 59.9 Å². The predicted octanol–water partition coefficient (Wildman–Crippen LogP) is 7.08. The number of halogens is 1. The molecular weight excluding hydrogens is 440 g/mol. The maximum absolute atomic E-state index is 12.8. The van der Waals surface area contributed by atoms with Crippen molar-refractivity contribution in [2.24, 2.45) is 0 Å². The second-order valence-electron chi connectivity index (χ2n) is 7.74. The van der Waals surface area contributed by atoms with E-state index in [1.807, 2.05) is 49.4 Å². The van der Waals surface area contributed by atoms with Crippen molar-refractivity contribution >= 4 is 27.8 Å². The average molecular weight is 463 g/mol. The maximum atomic E-state index is 12.8. The molecule has 3 aromatic rings. The molecular formula is C26H23BrO3. The van der Waals surface area contributed by atoms with Gasteiger partial charge in [0.05, 0.1) is 5.56 Å². The summed E-state index contributed by atoms with van der Waals surface area (Å²) >= 11 is 3.44. The van der Waals surface area contributed by atoms with Crippen molar-refractivity contribution in [1.82, 2.24) is 0 Å². The smallest absolute Gasteiger partial charge is 0.231 e. The molecule has 0 atom stereocenters. The zero-order valence-electron chi connectivity index (χ0n) is 17.2. The van der Waals surface area contributed by atoms with Crippen molar-refractivity contribution in [3.8, 4) is 11.5 Å². The van der Waals surface area contributed by atoms with E-state index >= 15 is 0 Å². The van der Waals surface area contributed by atoms with Crippen molar-refractivity contribution in [2.75, 3.05) is 0 Å². The van der Waals surface area contributed by atoms with Crippen LogP contribution in [0.15, 0.2) is 70.9 Å². The van der Waals surface area contributed by atoms with Crippen molar-refractivity contribution in [2.45, 2.75) is 33.3 Å². The van der Waals surface area contributed by atoms with E-state index in [1.54, 1.807) is 12.1 Å². The van der Waals surface area contributed by atoms with E-state index in [1.165, 1.54) is 5.56 Å². The molecule has 0 saturated heterocycles. The van der Waals surface area contributed by atoms with Gasteiger partial charge in [0, 0.05) is 10.0 Å². The molecule has 0 aliphatic carbocycles. The minimum Gasteiger partial charge on any atom is -0.488 e. The molecule has 0 N–H and O–H groups in total. The molecule has 1 heterocycles. The Morgan fingerprint density at radius 2 is 1.70 bits per heavy atom. The number of allylic oxidation sites excluding steroid dienone is 1. The molecule has 0 unspecified atom stereocenters. The van der Waals surface area contributed by atoms with Crippen molar-refractivity contribution < 1.29 is 14.3 Å². The van der Waals surface area contributed by atoms with E-state index in [0.717, 1.165) is 21.2 Å². The van der Waals surface area contributed by atoms with Crippen LogP contribution in [0.3, 0.4) is 0 Å². The van der Waals surface area contributed by atoms with Crippen LogP contribution in [0, 0.1) is 6.92 Å². The van der Waals surface area contributed by atoms with Crippen LogP contribution in [0.1, 0.15) is 52.4 Å². The second-order valence-corrected chi connectivity index (χ2v) is 8.66. The van der Waals surface area contributed by atoms with Crippen LogP contribution in [0.5, 0.6) is 11.5 Å². The molecule has 0 amide bonds. The lowest BCUT2D eigenvalue weighted by Gasteiger charge is -2.11. The number of ketones is 1. The maximum Gasteiger partial charge on any atom is 0.231 e. The number of rotatable bonds is 5. The van der Waals surface area contributed by atoms with Crippen LogP contribution in [0.25, 0.3) is 6.08 Å². The standard InChI is InChI=1S/C26H23BrO3/c1-16(2)20-8-4-18(5-9-20)14-24-25(28)22-12-13-23(17(3)26(22)30-24)29-15-19-6-10-21(27)11-7-19/h4-14,16H,15H2,1-3H3/b24-14-. The normalized spacial score (nSPS) is 14.2. The summed E-state index contributed by atoms with van der Waals surface area (Å²) < 4.78 is 13.0. The van der Waals surface area contributed by atoms with Crippen molar-refractivity contribution in [1.29, 1.82) is 0 Å². The number of benzene rings is 3. The van der Waals surface area contributed by atoms with Gasteiger partial charge in [-0.1, -0.05) is 66.2 Å². The molecule has 1 aliphatic rings. The Labute approximate surface area is 185 Å². The first-order valence-electron chi connectivity index (χ1n) is 9.97. The van der Waals surface area contributed by atoms with Gasteiger partial charge in [0.15, 0.2) is 5.76 Å². The van der Waals surface area contributed by atoms with Gasteiger partial charge in [0.1, 0.15) is 18.1 Å². The Balaban J connectivity index is 1.53. The van der Waals surface area contributed by atoms with Gasteiger partial charge in [-0.3, -0.25) is 4.79 Å². The summed E-state index contributed by atoms with van der Waals surface area (Å²) in [6, 6.07) is 19.8. The highest BCUT2D eigenvalue weighted by molar-refractivity contribution is 9.10. The molecule has 0 saturated carbocycles. The molecule has 152 valence electrons. The van der Waals surface area contributed by atoms with Gasteiger partial charge in [0.25, 0.3) is 0 Å². The fraction of sp³-hybridized carbons (Fsp3) is 0.192. The molecule has 0 aromatic heterocycles. The zero-order valence-corrected chi connectivity index (χ0v) is 18.8. The fourth-order valence-electron chi connectivity index (χ4n) is 3.39. The molecule has 4 heteroatoms. The minimum atomic E-state index is -0.0968. The summed E-state index contributed by atoms with van der Waals surface area (Å²) in [6.07, 6.45) is 1.80. The van der Waals surface area contributed by atoms with Crippen molar-refractivity contribution in [3.05, 3.63) is 98.7 Å². The zero-order chi connectivity index (χ0) is 21.3. The van der Waals surface area contributed by atoms with E-state index in [0.29, 0.717) is 35.3 Å². The monoisotopic (exact) mass is 462 g/mol. The summed E-state index contributed by atoms with van der Waals surface area (Å²) in [7, 11) is 0. The molecule has 1 aliphatic heterocycles. The van der Waals surface area contributed by atoms with E-state index in [4.69, 9.17) is 9.47 Å². The topological polar surface area (TPSA) is 35.5 Å². The van der Waals surface area contributed by atoms with Gasteiger partial charge in [-0.2, -0.15) is 0 Å². The molecule has 30 heavy (non-hydrogen) atoms. The second kappa shape index (κ2) is 8.49. The van der Waals surface area contributed by atoms with E-state index in [9.17, 15) is 4.79 Å². The Morgan fingerprint density at radius 3 is 2.37 bits per heavy atom. The summed E-state index contributed by atoms with van der Waals surface area (Å²) in [5, 5.41) is 0. The largest absolute Gasteiger partial charge is 0.488 e. The number of carbonyl (C=O) groups excluding carboxylic acids is 1. The third kappa shape index (κ3) is 4.19. The Morgan fingerprint density at radius 1 is 1.00 bits per heavy atom. The molecule has 4 rings (SSSR count). The Bertz CT molecular complexity index is 1110. The summed E-state index contributed by atoms with van der Waals surface area (Å²) in [5.74, 6) is 2.01. The van der Waals surface area contributed by atoms with Gasteiger partial charge >= 0.3 is 0 Å². The third-order valence-electron chi connectivity index (χ3n) is 5.25. The highest BCUT2D eigenvalue weighted by Crippen LogP contribution is 2.39. The number of fused-ring (bicyclic) bond motifs is 1. The van der Waals surface area contributed by atoms with Crippen LogP contribution >= 0.6 is 15.9 Å². The summed E-state index contributed by atoms with van der Waals surface area (Å²) in [6.45, 7) is 6.69. The van der Waals surface area contributed by atoms with Gasteiger partial charge < -0.3 is 9.47 Å². The molecule has 0 spiro atoms. The Hall–Kier alpha value is -2.85. The Kier molecular flexibility index (Phi) is 5.78. The summed E-state index contributed by atoms with van der Waals surface area (Å²) in [5.41, 5.74) is 4.69. The van der Waals surface area contributed by atoms with Gasteiger partial charge in [-0.15, -0.1) is 0 Å². The number of carbonyl (C=O) groups is 1. The van der Waals surface area contributed by atoms with Crippen LogP contribution < -0.4 is 9.47 Å². The van der Waals surface area contributed by atoms with Crippen molar-refractivity contribution in [3.63, 3.8) is 0 Å². The first-order valence-corrected chi connectivity index (χ1v) is 10.8. The lowest BCUT2D eigenvalue weighted by Crippen LogP contribution is -1.98. The molecule has 0 fully saturated rings. The van der Waals surface area contributed by atoms with Gasteiger partial charge in [0.2, 0.25) is 5.78 Å². The number of hydrogen-bond donors (Lipinski definition) is 0. The molecule has 0 bridgehead atoms. The lowest BCUT2D eigenvalue weighted by molar-refractivity contribution is 0.101. The number of ether oxygens (including phenoxy) is 2. The number of Topliss-reactive ketones (excluding diaryl/α,β-unsaturated/α-hetero) is 1. The molecule has 3 aromatic carbocycles. The highest BCUT2D eigenvalue weighted by Gasteiger charge is 2.30. The third-order valence-corrected chi connectivity index (χ3v) is 5.77. The van der Waals surface area contributed by atoms with E-state index in [-0.39, 0.29) is 5.78 Å². The van der Waals surface area contributed by atoms with E-state index in [2.05, 4.69) is 41.9 Å². The quantitative estimate of drug-likeness (QED) is 0.380. The first kappa shape index (κ1) is 20.4. The SMILES string of the molecule is Cc1c(OCc2ccc(Br)cc2)ccc2c1O/C(=C\c1ccc(C(C)C)cc1)C2=O. The predicted molar refractivity (Wildman–Crippen MR) is 123 cm³/mol. The minimum absolute atomic E-state index is 0.0968. The fourth-order valence-corrected chi connectivity index (χ4v) is 3.66.